The van der Waals surface area contributed by atoms with Crippen LogP contribution in [0.3, 0.4) is 0 Å². The summed E-state index contributed by atoms with van der Waals surface area (Å²) in [7, 11) is 3.84. The molecule has 1 N–H and O–H groups in total. The molecule has 2 aromatic carbocycles. The second kappa shape index (κ2) is 7.15. The lowest BCUT2D eigenvalue weighted by atomic mass is 10.1. The molecule has 1 aliphatic heterocycles. The van der Waals surface area contributed by atoms with Crippen LogP contribution in [0, 0.1) is 5.92 Å². The fraction of sp³-hybridized carbons (Fsp3) is 0.263. The molecule has 1 saturated heterocycles. The number of nitrogens with zero attached hydrogens (tertiary/aromatic N) is 2. The highest BCUT2D eigenvalue weighted by atomic mass is 35.5. The highest BCUT2D eigenvalue weighted by molar-refractivity contribution is 6.31. The van der Waals surface area contributed by atoms with E-state index in [1.54, 1.807) is 23.1 Å². The number of nitrogens with one attached hydrogen (secondary N) is 1. The summed E-state index contributed by atoms with van der Waals surface area (Å²) in [4.78, 5) is 28.5. The molecule has 1 heterocycles. The molecule has 0 spiro atoms. The second-order valence-corrected chi connectivity index (χ2v) is 6.72. The van der Waals surface area contributed by atoms with Crippen LogP contribution < -0.4 is 15.1 Å². The minimum atomic E-state index is -0.387. The number of benzene rings is 2. The number of para-hydroxylation sites is 2. The van der Waals surface area contributed by atoms with Gasteiger partial charge in [0.15, 0.2) is 0 Å². The monoisotopic (exact) mass is 357 g/mol. The minimum Gasteiger partial charge on any atom is -0.376 e. The van der Waals surface area contributed by atoms with E-state index in [1.807, 2.05) is 49.3 Å². The van der Waals surface area contributed by atoms with Crippen molar-refractivity contribution < 1.29 is 9.59 Å². The number of rotatable bonds is 4. The molecule has 0 aromatic heterocycles. The van der Waals surface area contributed by atoms with Gasteiger partial charge in [-0.25, -0.2) is 0 Å². The molecule has 0 saturated carbocycles. The molecule has 0 bridgehead atoms. The number of carbonyl (C=O) groups excluding carboxylic acids is 2. The van der Waals surface area contributed by atoms with E-state index in [9.17, 15) is 9.59 Å². The van der Waals surface area contributed by atoms with Gasteiger partial charge in [0.1, 0.15) is 0 Å². The summed E-state index contributed by atoms with van der Waals surface area (Å²) < 4.78 is 0. The van der Waals surface area contributed by atoms with Gasteiger partial charge in [0.05, 0.1) is 17.3 Å². The van der Waals surface area contributed by atoms with Gasteiger partial charge < -0.3 is 15.1 Å². The molecule has 1 atom stereocenters. The van der Waals surface area contributed by atoms with E-state index in [0.29, 0.717) is 11.6 Å². The number of halogens is 1. The molecule has 3 rings (SSSR count). The van der Waals surface area contributed by atoms with Crippen LogP contribution >= 0.6 is 11.6 Å². The van der Waals surface area contributed by atoms with Gasteiger partial charge in [-0.3, -0.25) is 9.59 Å². The van der Waals surface area contributed by atoms with Crippen molar-refractivity contribution in [1.82, 2.24) is 0 Å². The largest absolute Gasteiger partial charge is 0.376 e. The topological polar surface area (TPSA) is 52.7 Å². The zero-order chi connectivity index (χ0) is 18.0. The lowest BCUT2D eigenvalue weighted by Crippen LogP contribution is -2.28. The fourth-order valence-corrected chi connectivity index (χ4v) is 3.17. The van der Waals surface area contributed by atoms with Crippen LogP contribution in [0.5, 0.6) is 0 Å². The van der Waals surface area contributed by atoms with Crippen LogP contribution in [-0.4, -0.2) is 32.5 Å². The van der Waals surface area contributed by atoms with Crippen LogP contribution in [0.15, 0.2) is 48.5 Å². The standard InChI is InChI=1S/C19H20ClN3O2/c1-22(2)17-9-4-3-8-16(17)21-19(25)13-10-18(24)23(12-13)15-7-5-6-14(20)11-15/h3-9,11,13H,10,12H2,1-2H3,(H,21,25). The predicted octanol–water partition coefficient (Wildman–Crippen LogP) is 3.40. The third kappa shape index (κ3) is 3.77. The third-order valence-electron chi connectivity index (χ3n) is 4.26. The molecule has 2 aromatic rings. The maximum atomic E-state index is 12.6. The number of amides is 2. The number of hydrogen-bond acceptors (Lipinski definition) is 3. The molecule has 1 unspecified atom stereocenters. The molecule has 0 aliphatic carbocycles. The van der Waals surface area contributed by atoms with Crippen molar-refractivity contribution in [2.45, 2.75) is 6.42 Å². The Bertz CT molecular complexity index is 807. The minimum absolute atomic E-state index is 0.0664. The van der Waals surface area contributed by atoms with Gasteiger partial charge in [-0.05, 0) is 30.3 Å². The molecule has 2 amide bonds. The molecular weight excluding hydrogens is 338 g/mol. The molecule has 1 aliphatic rings. The highest BCUT2D eigenvalue weighted by Crippen LogP contribution is 2.29. The fourth-order valence-electron chi connectivity index (χ4n) is 2.98. The Labute approximate surface area is 152 Å². The molecule has 5 nitrogen and oxygen atoms in total. The number of hydrogen-bond donors (Lipinski definition) is 1. The Morgan fingerprint density at radius 3 is 2.68 bits per heavy atom. The maximum Gasteiger partial charge on any atom is 0.229 e. The summed E-state index contributed by atoms with van der Waals surface area (Å²) in [6, 6.07) is 14.7. The Morgan fingerprint density at radius 1 is 1.20 bits per heavy atom. The van der Waals surface area contributed by atoms with Crippen LogP contribution in [0.25, 0.3) is 0 Å². The van der Waals surface area contributed by atoms with Crippen LogP contribution in [0.2, 0.25) is 5.02 Å². The van der Waals surface area contributed by atoms with E-state index >= 15 is 0 Å². The van der Waals surface area contributed by atoms with Crippen LogP contribution in [-0.2, 0) is 9.59 Å². The van der Waals surface area contributed by atoms with E-state index in [-0.39, 0.29) is 24.2 Å². The molecule has 0 radical (unpaired) electrons. The van der Waals surface area contributed by atoms with Crippen LogP contribution in [0.4, 0.5) is 17.1 Å². The van der Waals surface area contributed by atoms with Crippen molar-refractivity contribution >= 4 is 40.5 Å². The maximum absolute atomic E-state index is 12.6. The summed E-state index contributed by atoms with van der Waals surface area (Å²) in [6.45, 7) is 0.356. The molecule has 130 valence electrons. The Balaban J connectivity index is 1.73. The van der Waals surface area contributed by atoms with E-state index in [0.717, 1.165) is 17.1 Å². The first-order valence-corrected chi connectivity index (χ1v) is 8.46. The quantitative estimate of drug-likeness (QED) is 0.912. The Kier molecular flexibility index (Phi) is 4.95. The summed E-state index contributed by atoms with van der Waals surface area (Å²) in [5.41, 5.74) is 2.39. The van der Waals surface area contributed by atoms with E-state index < -0.39 is 0 Å². The lowest BCUT2D eigenvalue weighted by molar-refractivity contribution is -0.122. The molecule has 1 fully saturated rings. The first kappa shape index (κ1) is 17.3. The lowest BCUT2D eigenvalue weighted by Gasteiger charge is -2.19. The average molecular weight is 358 g/mol. The van der Waals surface area contributed by atoms with Crippen molar-refractivity contribution in [3.05, 3.63) is 53.6 Å². The van der Waals surface area contributed by atoms with Crippen molar-refractivity contribution in [3.63, 3.8) is 0 Å². The van der Waals surface area contributed by atoms with E-state index in [2.05, 4.69) is 5.32 Å². The number of carbonyl (C=O) groups is 2. The normalized spacial score (nSPS) is 16.8. The molecular formula is C19H20ClN3O2. The number of anilines is 3. The van der Waals surface area contributed by atoms with Gasteiger partial charge >= 0.3 is 0 Å². The average Bonchev–Trinajstić information content (AvgIpc) is 2.97. The van der Waals surface area contributed by atoms with Crippen molar-refractivity contribution in [2.24, 2.45) is 5.92 Å². The van der Waals surface area contributed by atoms with Crippen molar-refractivity contribution in [3.8, 4) is 0 Å². The van der Waals surface area contributed by atoms with Crippen molar-refractivity contribution in [2.75, 3.05) is 35.8 Å². The van der Waals surface area contributed by atoms with E-state index in [4.69, 9.17) is 11.6 Å². The smallest absolute Gasteiger partial charge is 0.229 e. The van der Waals surface area contributed by atoms with Crippen LogP contribution in [0.1, 0.15) is 6.42 Å². The zero-order valence-electron chi connectivity index (χ0n) is 14.2. The van der Waals surface area contributed by atoms with Gasteiger partial charge in [0, 0.05) is 37.8 Å². The van der Waals surface area contributed by atoms with Gasteiger partial charge in [-0.1, -0.05) is 29.8 Å². The molecule has 6 heteroatoms. The first-order valence-electron chi connectivity index (χ1n) is 8.09. The van der Waals surface area contributed by atoms with E-state index in [1.165, 1.54) is 0 Å². The second-order valence-electron chi connectivity index (χ2n) is 6.29. The Hall–Kier alpha value is -2.53. The van der Waals surface area contributed by atoms with Gasteiger partial charge in [0.2, 0.25) is 11.8 Å². The van der Waals surface area contributed by atoms with Crippen molar-refractivity contribution in [1.29, 1.82) is 0 Å². The van der Waals surface area contributed by atoms with Gasteiger partial charge in [-0.15, -0.1) is 0 Å². The first-order chi connectivity index (χ1) is 12.0. The summed E-state index contributed by atoms with van der Waals surface area (Å²) >= 11 is 6.00. The van der Waals surface area contributed by atoms with Gasteiger partial charge in [0.25, 0.3) is 0 Å². The molecule has 25 heavy (non-hydrogen) atoms. The predicted molar refractivity (Wildman–Crippen MR) is 101 cm³/mol. The third-order valence-corrected chi connectivity index (χ3v) is 4.49. The summed E-state index contributed by atoms with van der Waals surface area (Å²) in [5.74, 6) is -0.600. The highest BCUT2D eigenvalue weighted by Gasteiger charge is 2.35. The SMILES string of the molecule is CN(C)c1ccccc1NC(=O)C1CC(=O)N(c2cccc(Cl)c2)C1. The van der Waals surface area contributed by atoms with Gasteiger partial charge in [-0.2, -0.15) is 0 Å². The zero-order valence-corrected chi connectivity index (χ0v) is 15.0. The summed E-state index contributed by atoms with van der Waals surface area (Å²) in [6.07, 6.45) is 0.197. The Morgan fingerprint density at radius 2 is 1.96 bits per heavy atom. The summed E-state index contributed by atoms with van der Waals surface area (Å²) in [5, 5.41) is 3.52.